The van der Waals surface area contributed by atoms with Gasteiger partial charge in [-0.05, 0) is 70.9 Å². The van der Waals surface area contributed by atoms with E-state index >= 15 is 0 Å². The largest absolute Gasteiger partial charge is 0.380 e. The Balaban J connectivity index is 1.54. The SMILES string of the molecule is COCc1ccc(C#Cc2ccc(C#Cc3ccc4cc(F)ccc4c3)c(F)c2)c(F)c1. The van der Waals surface area contributed by atoms with Gasteiger partial charge in [0.1, 0.15) is 17.5 Å². The summed E-state index contributed by atoms with van der Waals surface area (Å²) in [6.07, 6.45) is 0. The van der Waals surface area contributed by atoms with Crippen LogP contribution in [0.4, 0.5) is 13.2 Å². The van der Waals surface area contributed by atoms with Gasteiger partial charge in [-0.3, -0.25) is 0 Å². The molecule has 4 rings (SSSR count). The molecule has 4 heteroatoms. The topological polar surface area (TPSA) is 9.23 Å². The van der Waals surface area contributed by atoms with E-state index in [0.29, 0.717) is 23.3 Å². The highest BCUT2D eigenvalue weighted by molar-refractivity contribution is 5.84. The quantitative estimate of drug-likeness (QED) is 0.347. The molecule has 1 nitrogen and oxygen atoms in total. The number of rotatable bonds is 2. The summed E-state index contributed by atoms with van der Waals surface area (Å²) in [6, 6.07) is 19.0. The average molecular weight is 426 g/mol. The number of hydrogen-bond acceptors (Lipinski definition) is 1. The van der Waals surface area contributed by atoms with Crippen LogP contribution < -0.4 is 0 Å². The van der Waals surface area contributed by atoms with Gasteiger partial charge in [0, 0.05) is 18.2 Å². The lowest BCUT2D eigenvalue weighted by Gasteiger charge is -2.01. The molecule has 0 N–H and O–H groups in total. The highest BCUT2D eigenvalue weighted by Gasteiger charge is 2.03. The van der Waals surface area contributed by atoms with Crippen molar-refractivity contribution in [2.75, 3.05) is 7.11 Å². The third kappa shape index (κ3) is 5.01. The number of ether oxygens (including phenoxy) is 1. The van der Waals surface area contributed by atoms with Crippen molar-refractivity contribution in [1.82, 2.24) is 0 Å². The van der Waals surface area contributed by atoms with Gasteiger partial charge >= 0.3 is 0 Å². The van der Waals surface area contributed by atoms with Crippen LogP contribution >= 0.6 is 0 Å². The lowest BCUT2D eigenvalue weighted by molar-refractivity contribution is 0.184. The predicted octanol–water partition coefficient (Wildman–Crippen LogP) is 6.20. The minimum absolute atomic E-state index is 0.227. The molecule has 0 saturated carbocycles. The molecule has 4 aromatic rings. The molecular weight excluding hydrogens is 409 g/mol. The van der Waals surface area contributed by atoms with E-state index in [0.717, 1.165) is 10.8 Å². The van der Waals surface area contributed by atoms with Gasteiger partial charge in [0.05, 0.1) is 17.7 Å². The highest BCUT2D eigenvalue weighted by Crippen LogP contribution is 2.17. The molecule has 0 aliphatic heterocycles. The Labute approximate surface area is 184 Å². The van der Waals surface area contributed by atoms with E-state index in [1.165, 1.54) is 31.4 Å². The molecule has 0 amide bonds. The maximum atomic E-state index is 14.5. The fourth-order valence-electron chi connectivity index (χ4n) is 3.18. The zero-order chi connectivity index (χ0) is 22.5. The van der Waals surface area contributed by atoms with Gasteiger partial charge in [-0.2, -0.15) is 0 Å². The molecule has 0 unspecified atom stereocenters. The zero-order valence-electron chi connectivity index (χ0n) is 17.2. The number of halogens is 3. The molecule has 0 saturated heterocycles. The van der Waals surface area contributed by atoms with Crippen LogP contribution in [0.15, 0.2) is 72.8 Å². The van der Waals surface area contributed by atoms with Gasteiger partial charge in [-0.1, -0.05) is 41.9 Å². The van der Waals surface area contributed by atoms with E-state index in [4.69, 9.17) is 4.74 Å². The summed E-state index contributed by atoms with van der Waals surface area (Å²) < 4.78 is 46.9. The molecule has 0 aliphatic rings. The van der Waals surface area contributed by atoms with Crippen molar-refractivity contribution in [2.24, 2.45) is 0 Å². The van der Waals surface area contributed by atoms with Gasteiger partial charge < -0.3 is 4.74 Å². The van der Waals surface area contributed by atoms with E-state index in [9.17, 15) is 13.2 Å². The Morgan fingerprint density at radius 1 is 0.625 bits per heavy atom. The van der Waals surface area contributed by atoms with E-state index < -0.39 is 11.6 Å². The van der Waals surface area contributed by atoms with Crippen LogP contribution in [-0.2, 0) is 11.3 Å². The Kier molecular flexibility index (Phi) is 6.26. The monoisotopic (exact) mass is 426 g/mol. The lowest BCUT2D eigenvalue weighted by Crippen LogP contribution is -1.91. The molecule has 0 bridgehead atoms. The maximum absolute atomic E-state index is 14.5. The standard InChI is InChI=1S/C28H17F3O/c1-32-18-21-6-10-23(28(31)16-21)9-4-20-3-8-22(27(30)15-20)7-2-19-5-11-25-17-26(29)13-12-24(25)14-19/h3,5-6,8,10-17H,18H2,1H3. The normalized spacial score (nSPS) is 10.2. The molecule has 0 spiro atoms. The van der Waals surface area contributed by atoms with Crippen LogP contribution in [0.3, 0.4) is 0 Å². The second kappa shape index (κ2) is 9.43. The van der Waals surface area contributed by atoms with Crippen LogP contribution in [0.5, 0.6) is 0 Å². The minimum Gasteiger partial charge on any atom is -0.380 e. The molecule has 0 aromatic heterocycles. The van der Waals surface area contributed by atoms with Crippen molar-refractivity contribution in [2.45, 2.75) is 6.61 Å². The van der Waals surface area contributed by atoms with Crippen LogP contribution in [0.25, 0.3) is 10.8 Å². The average Bonchev–Trinajstić information content (AvgIpc) is 2.78. The minimum atomic E-state index is -0.511. The Morgan fingerprint density at radius 2 is 1.22 bits per heavy atom. The number of fused-ring (bicyclic) bond motifs is 1. The van der Waals surface area contributed by atoms with Gasteiger partial charge in [0.2, 0.25) is 0 Å². The maximum Gasteiger partial charge on any atom is 0.140 e. The summed E-state index contributed by atoms with van der Waals surface area (Å²) in [7, 11) is 1.54. The number of benzene rings is 4. The van der Waals surface area contributed by atoms with Gasteiger partial charge in [-0.25, -0.2) is 13.2 Å². The van der Waals surface area contributed by atoms with Crippen LogP contribution in [0.1, 0.15) is 27.8 Å². The molecule has 32 heavy (non-hydrogen) atoms. The molecule has 0 radical (unpaired) electrons. The predicted molar refractivity (Wildman–Crippen MR) is 119 cm³/mol. The summed E-state index contributed by atoms with van der Waals surface area (Å²) in [4.78, 5) is 0. The van der Waals surface area contributed by atoms with Crippen molar-refractivity contribution in [3.63, 3.8) is 0 Å². The van der Waals surface area contributed by atoms with E-state index in [1.807, 2.05) is 6.07 Å². The second-order valence-electron chi connectivity index (χ2n) is 7.15. The fourth-order valence-corrected chi connectivity index (χ4v) is 3.18. The van der Waals surface area contributed by atoms with Crippen LogP contribution in [0, 0.1) is 41.1 Å². The van der Waals surface area contributed by atoms with Crippen molar-refractivity contribution >= 4 is 10.8 Å². The van der Waals surface area contributed by atoms with Gasteiger partial charge in [0.15, 0.2) is 0 Å². The van der Waals surface area contributed by atoms with E-state index in [1.54, 1.807) is 42.5 Å². The first-order valence-corrected chi connectivity index (χ1v) is 9.82. The fraction of sp³-hybridized carbons (Fsp3) is 0.0714. The third-order valence-electron chi connectivity index (χ3n) is 4.80. The third-order valence-corrected chi connectivity index (χ3v) is 4.80. The van der Waals surface area contributed by atoms with Crippen molar-refractivity contribution < 1.29 is 17.9 Å². The van der Waals surface area contributed by atoms with Crippen molar-refractivity contribution in [3.8, 4) is 23.7 Å². The first-order chi connectivity index (χ1) is 15.5. The molecule has 0 aliphatic carbocycles. The highest BCUT2D eigenvalue weighted by atomic mass is 19.1. The summed E-state index contributed by atoms with van der Waals surface area (Å²) in [5, 5.41) is 1.63. The van der Waals surface area contributed by atoms with Gasteiger partial charge in [0.25, 0.3) is 0 Å². The zero-order valence-corrected chi connectivity index (χ0v) is 17.2. The Bertz CT molecular complexity index is 1430. The second-order valence-corrected chi connectivity index (χ2v) is 7.15. The lowest BCUT2D eigenvalue weighted by atomic mass is 10.1. The van der Waals surface area contributed by atoms with E-state index in [-0.39, 0.29) is 16.9 Å². The van der Waals surface area contributed by atoms with Crippen LogP contribution in [0.2, 0.25) is 0 Å². The summed E-state index contributed by atoms with van der Waals surface area (Å²) >= 11 is 0. The molecule has 0 atom stereocenters. The van der Waals surface area contributed by atoms with Crippen molar-refractivity contribution in [3.05, 3.63) is 118 Å². The van der Waals surface area contributed by atoms with E-state index in [2.05, 4.69) is 23.7 Å². The number of hydrogen-bond donors (Lipinski definition) is 0. The molecular formula is C28H17F3O. The van der Waals surface area contributed by atoms with Crippen molar-refractivity contribution in [1.29, 1.82) is 0 Å². The molecule has 0 fully saturated rings. The number of methoxy groups -OCH3 is 1. The van der Waals surface area contributed by atoms with Gasteiger partial charge in [-0.15, -0.1) is 0 Å². The first kappa shape index (κ1) is 21.2. The molecule has 0 heterocycles. The van der Waals surface area contributed by atoms with Crippen LogP contribution in [-0.4, -0.2) is 7.11 Å². The summed E-state index contributed by atoms with van der Waals surface area (Å²) in [5.41, 5.74) is 2.28. The first-order valence-electron chi connectivity index (χ1n) is 9.82. The smallest absolute Gasteiger partial charge is 0.140 e. The summed E-state index contributed by atoms with van der Waals surface area (Å²) in [6.45, 7) is 0.316. The Hall–Kier alpha value is -3.99. The molecule has 156 valence electrons. The Morgan fingerprint density at radius 3 is 1.91 bits per heavy atom. The summed E-state index contributed by atoms with van der Waals surface area (Å²) in [5.74, 6) is 9.99. The molecule has 4 aromatic carbocycles.